The van der Waals surface area contributed by atoms with E-state index in [2.05, 4.69) is 9.72 Å². The minimum atomic E-state index is -4.63. The second-order valence-electron chi connectivity index (χ2n) is 5.59. The van der Waals surface area contributed by atoms with Gasteiger partial charge in [0.2, 0.25) is 0 Å². The highest BCUT2D eigenvalue weighted by Crippen LogP contribution is 2.30. The van der Waals surface area contributed by atoms with Crippen molar-refractivity contribution < 1.29 is 31.9 Å². The summed E-state index contributed by atoms with van der Waals surface area (Å²) in [5.74, 6) is -1.61. The number of amides is 1. The molecule has 0 bridgehead atoms. The molecule has 2 atom stereocenters. The van der Waals surface area contributed by atoms with Crippen LogP contribution in [0.25, 0.3) is 5.65 Å². The number of ether oxygens (including phenoxy) is 1. The van der Waals surface area contributed by atoms with Gasteiger partial charge in [-0.25, -0.2) is 14.2 Å². The maximum absolute atomic E-state index is 13.6. The Morgan fingerprint density at radius 3 is 2.68 bits per heavy atom. The molecule has 0 N–H and O–H groups in total. The first-order valence-electron chi connectivity index (χ1n) is 7.30. The minimum absolute atomic E-state index is 0.0798. The molecule has 0 radical (unpaired) electrons. The van der Waals surface area contributed by atoms with Gasteiger partial charge in [-0.1, -0.05) is 6.07 Å². The number of rotatable bonds is 2. The first-order valence-corrected chi connectivity index (χ1v) is 7.30. The normalized spacial score (nSPS) is 20.9. The number of alkyl halides is 4. The Bertz CT molecular complexity index is 833. The maximum Gasteiger partial charge on any atom is 0.431 e. The van der Waals surface area contributed by atoms with Crippen LogP contribution in [0.1, 0.15) is 22.6 Å². The molecule has 0 aliphatic carbocycles. The highest BCUT2D eigenvalue weighted by Gasteiger charge is 2.42. The number of hydrogen-bond donors (Lipinski definition) is 0. The van der Waals surface area contributed by atoms with E-state index in [1.807, 2.05) is 0 Å². The largest absolute Gasteiger partial charge is 0.467 e. The quantitative estimate of drug-likeness (QED) is 0.608. The zero-order valence-electron chi connectivity index (χ0n) is 13.0. The van der Waals surface area contributed by atoms with Gasteiger partial charge in [-0.05, 0) is 12.1 Å². The molecule has 1 saturated heterocycles. The van der Waals surface area contributed by atoms with E-state index in [9.17, 15) is 27.2 Å². The van der Waals surface area contributed by atoms with Crippen LogP contribution in [-0.4, -0.2) is 52.0 Å². The molecule has 2 aromatic rings. The van der Waals surface area contributed by atoms with Crippen molar-refractivity contribution in [2.45, 2.75) is 24.8 Å². The van der Waals surface area contributed by atoms with Crippen LogP contribution in [0.4, 0.5) is 17.6 Å². The van der Waals surface area contributed by atoms with Crippen LogP contribution in [0.5, 0.6) is 0 Å². The van der Waals surface area contributed by atoms with Crippen LogP contribution < -0.4 is 0 Å². The van der Waals surface area contributed by atoms with E-state index in [1.165, 1.54) is 12.1 Å². The van der Waals surface area contributed by atoms with E-state index < -0.39 is 36.0 Å². The molecule has 3 heterocycles. The highest BCUT2D eigenvalue weighted by atomic mass is 19.4. The summed E-state index contributed by atoms with van der Waals surface area (Å²) in [6, 6.07) is 2.21. The summed E-state index contributed by atoms with van der Waals surface area (Å²) in [7, 11) is 1.11. The monoisotopic (exact) mass is 359 g/mol. The van der Waals surface area contributed by atoms with E-state index >= 15 is 0 Å². The number of halogens is 4. The molecule has 0 saturated carbocycles. The fraction of sp³-hybridized carbons (Fsp3) is 0.400. The predicted molar refractivity (Wildman–Crippen MR) is 76.5 cm³/mol. The third-order valence-electron chi connectivity index (χ3n) is 3.99. The summed E-state index contributed by atoms with van der Waals surface area (Å²) < 4.78 is 58.1. The van der Waals surface area contributed by atoms with Gasteiger partial charge in [-0.2, -0.15) is 13.2 Å². The van der Waals surface area contributed by atoms with E-state index in [0.29, 0.717) is 0 Å². The Morgan fingerprint density at radius 1 is 1.32 bits per heavy atom. The molecular weight excluding hydrogens is 346 g/mol. The van der Waals surface area contributed by atoms with Gasteiger partial charge in [0.15, 0.2) is 0 Å². The van der Waals surface area contributed by atoms with Crippen molar-refractivity contribution in [3.63, 3.8) is 0 Å². The van der Waals surface area contributed by atoms with Crippen LogP contribution >= 0.6 is 0 Å². The molecule has 1 aliphatic rings. The van der Waals surface area contributed by atoms with Gasteiger partial charge in [-0.15, -0.1) is 0 Å². The Kier molecular flexibility index (Phi) is 4.13. The molecule has 25 heavy (non-hydrogen) atoms. The number of imidazole rings is 1. The lowest BCUT2D eigenvalue weighted by Gasteiger charge is -2.21. The van der Waals surface area contributed by atoms with Crippen molar-refractivity contribution in [1.29, 1.82) is 0 Å². The molecule has 3 rings (SSSR count). The van der Waals surface area contributed by atoms with Crippen LogP contribution in [0, 0.1) is 0 Å². The van der Waals surface area contributed by atoms with E-state index in [0.717, 1.165) is 28.7 Å². The standard InChI is InChI=1S/C15H13F4N3O3/c1-25-14(24)10-5-8(16)6-21(10)13(23)9-7-22-11(15(17,18)19)3-2-4-12(22)20-9/h2-4,7-8,10H,5-6H2,1H3/t8-,10+/m0/s1. The molecule has 0 unspecified atom stereocenters. The molecule has 134 valence electrons. The molecule has 6 nitrogen and oxygen atoms in total. The smallest absolute Gasteiger partial charge is 0.431 e. The number of fused-ring (bicyclic) bond motifs is 1. The SMILES string of the molecule is COC(=O)[C@H]1C[C@H](F)CN1C(=O)c1cn2c(C(F)(F)F)cccc2n1. The second kappa shape index (κ2) is 6.01. The van der Waals surface area contributed by atoms with Crippen molar-refractivity contribution in [2.75, 3.05) is 13.7 Å². The van der Waals surface area contributed by atoms with E-state index in [-0.39, 0.29) is 24.3 Å². The number of pyridine rings is 1. The number of likely N-dealkylation sites (tertiary alicyclic amines) is 1. The minimum Gasteiger partial charge on any atom is -0.467 e. The molecule has 2 aromatic heterocycles. The van der Waals surface area contributed by atoms with Gasteiger partial charge in [0.25, 0.3) is 5.91 Å². The average molecular weight is 359 g/mol. The van der Waals surface area contributed by atoms with E-state index in [1.54, 1.807) is 0 Å². The highest BCUT2D eigenvalue weighted by molar-refractivity contribution is 5.96. The summed E-state index contributed by atoms with van der Waals surface area (Å²) in [6.07, 6.45) is -5.34. The van der Waals surface area contributed by atoms with Gasteiger partial charge in [0.05, 0.1) is 13.7 Å². The Morgan fingerprint density at radius 2 is 2.04 bits per heavy atom. The second-order valence-corrected chi connectivity index (χ2v) is 5.59. The first-order chi connectivity index (χ1) is 11.7. The zero-order valence-corrected chi connectivity index (χ0v) is 13.0. The fourth-order valence-corrected chi connectivity index (χ4v) is 2.86. The number of hydrogen-bond acceptors (Lipinski definition) is 4. The summed E-state index contributed by atoms with van der Waals surface area (Å²) in [5.41, 5.74) is -1.38. The lowest BCUT2D eigenvalue weighted by molar-refractivity contribution is -0.145. The van der Waals surface area contributed by atoms with Gasteiger partial charge < -0.3 is 9.64 Å². The molecule has 1 aliphatic heterocycles. The van der Waals surface area contributed by atoms with Crippen LogP contribution in [-0.2, 0) is 15.7 Å². The molecule has 0 spiro atoms. The third-order valence-corrected chi connectivity index (χ3v) is 3.99. The Hall–Kier alpha value is -2.65. The van der Waals surface area contributed by atoms with Crippen LogP contribution in [0.3, 0.4) is 0 Å². The Balaban J connectivity index is 1.99. The summed E-state index contributed by atoms with van der Waals surface area (Å²) in [4.78, 5) is 29.1. The molecule has 1 amide bonds. The van der Waals surface area contributed by atoms with Gasteiger partial charge >= 0.3 is 12.1 Å². The number of methoxy groups -OCH3 is 1. The number of nitrogens with zero attached hydrogens (tertiary/aromatic N) is 3. The third kappa shape index (κ3) is 3.03. The van der Waals surface area contributed by atoms with Crippen molar-refractivity contribution in [1.82, 2.24) is 14.3 Å². The fourth-order valence-electron chi connectivity index (χ4n) is 2.86. The van der Waals surface area contributed by atoms with Gasteiger partial charge in [0, 0.05) is 12.6 Å². The first kappa shape index (κ1) is 17.2. The van der Waals surface area contributed by atoms with E-state index in [4.69, 9.17) is 0 Å². The molecular formula is C15H13F4N3O3. The van der Waals surface area contributed by atoms with Gasteiger partial charge in [0.1, 0.15) is 29.2 Å². The molecule has 10 heteroatoms. The topological polar surface area (TPSA) is 63.9 Å². The van der Waals surface area contributed by atoms with Crippen LogP contribution in [0.15, 0.2) is 24.4 Å². The molecule has 1 fully saturated rings. The zero-order chi connectivity index (χ0) is 18.4. The molecule has 0 aromatic carbocycles. The lowest BCUT2D eigenvalue weighted by atomic mass is 10.2. The average Bonchev–Trinajstić information content (AvgIpc) is 3.15. The number of carbonyl (C=O) groups is 2. The van der Waals surface area contributed by atoms with Crippen LogP contribution in [0.2, 0.25) is 0 Å². The summed E-state index contributed by atoms with van der Waals surface area (Å²) >= 11 is 0. The lowest BCUT2D eigenvalue weighted by Crippen LogP contribution is -2.41. The van der Waals surface area contributed by atoms with Crippen molar-refractivity contribution in [3.05, 3.63) is 35.8 Å². The van der Waals surface area contributed by atoms with Crippen molar-refractivity contribution >= 4 is 17.5 Å². The van der Waals surface area contributed by atoms with Gasteiger partial charge in [-0.3, -0.25) is 9.20 Å². The summed E-state index contributed by atoms with van der Waals surface area (Å²) in [5, 5.41) is 0. The summed E-state index contributed by atoms with van der Waals surface area (Å²) in [6.45, 7) is -0.349. The number of carbonyl (C=O) groups excluding carboxylic acids is 2. The number of aromatic nitrogens is 2. The van der Waals surface area contributed by atoms with Crippen molar-refractivity contribution in [3.8, 4) is 0 Å². The van der Waals surface area contributed by atoms with Crippen molar-refractivity contribution in [2.24, 2.45) is 0 Å². The predicted octanol–water partition coefficient (Wildman–Crippen LogP) is 2.08. The Labute approximate surface area is 139 Å². The maximum atomic E-state index is 13.6. The number of esters is 1.